The molecule has 0 atom stereocenters. The largest absolute Gasteiger partial charge is 0.455 e. The number of furan rings is 1. The van der Waals surface area contributed by atoms with Crippen LogP contribution < -0.4 is 4.90 Å². The monoisotopic (exact) mass is 803 g/mol. The van der Waals surface area contributed by atoms with Crippen LogP contribution >= 0.6 is 0 Å². The fourth-order valence-corrected chi connectivity index (χ4v) is 10.8. The normalized spacial score (nSPS) is 13.0. The summed E-state index contributed by atoms with van der Waals surface area (Å²) in [7, 11) is 0. The highest BCUT2D eigenvalue weighted by molar-refractivity contribution is 6.27. The molecule has 0 saturated carbocycles. The Hall–Kier alpha value is -7.94. The van der Waals surface area contributed by atoms with Crippen LogP contribution in [0.4, 0.5) is 17.1 Å². The third-order valence-corrected chi connectivity index (χ3v) is 13.8. The third kappa shape index (κ3) is 5.31. The highest BCUT2D eigenvalue weighted by Gasteiger charge is 2.36. The van der Waals surface area contributed by atoms with E-state index in [4.69, 9.17) is 4.42 Å². The van der Waals surface area contributed by atoms with Gasteiger partial charge in [-0.05, 0) is 119 Å². The van der Waals surface area contributed by atoms with Gasteiger partial charge < -0.3 is 9.32 Å². The van der Waals surface area contributed by atoms with Gasteiger partial charge in [-0.1, -0.05) is 178 Å². The Bertz CT molecular complexity index is 3800. The van der Waals surface area contributed by atoms with Crippen molar-refractivity contribution in [2.75, 3.05) is 4.90 Å². The van der Waals surface area contributed by atoms with E-state index in [2.05, 4.69) is 231 Å². The third-order valence-electron chi connectivity index (χ3n) is 13.8. The smallest absolute Gasteiger partial charge is 0.143 e. The highest BCUT2D eigenvalue weighted by Crippen LogP contribution is 2.52. The summed E-state index contributed by atoms with van der Waals surface area (Å²) in [5, 5.41) is 12.2. The summed E-state index contributed by atoms with van der Waals surface area (Å²) < 4.78 is 7.22. The van der Waals surface area contributed by atoms with E-state index in [0.29, 0.717) is 0 Å². The zero-order valence-corrected chi connectivity index (χ0v) is 35.1. The predicted octanol–water partition coefficient (Wildman–Crippen LogP) is 17.3. The second-order valence-electron chi connectivity index (χ2n) is 17.6. The Morgan fingerprint density at radius 1 is 0.365 bits per heavy atom. The fourth-order valence-electron chi connectivity index (χ4n) is 10.8. The van der Waals surface area contributed by atoms with E-state index < -0.39 is 0 Å². The van der Waals surface area contributed by atoms with E-state index in [0.717, 1.165) is 55.7 Å². The van der Waals surface area contributed by atoms with Crippen LogP contribution in [0.3, 0.4) is 0 Å². The molecule has 0 N–H and O–H groups in total. The molecule has 0 aliphatic heterocycles. The van der Waals surface area contributed by atoms with Gasteiger partial charge in [-0.3, -0.25) is 0 Å². The van der Waals surface area contributed by atoms with E-state index in [1.54, 1.807) is 0 Å². The predicted molar refractivity (Wildman–Crippen MR) is 267 cm³/mol. The molecule has 0 saturated heterocycles. The molecule has 296 valence electrons. The number of hydrogen-bond acceptors (Lipinski definition) is 2. The van der Waals surface area contributed by atoms with Crippen molar-refractivity contribution in [2.45, 2.75) is 19.3 Å². The molecule has 1 aliphatic rings. The Morgan fingerprint density at radius 2 is 0.937 bits per heavy atom. The standard InChI is InChI=1S/C61H41NO/c1-61(2)55-26-14-12-25-50(55)51-32-29-41(36-56(51)61)62(57-27-15-13-19-43(57)38-16-4-3-5-17-38)42-30-33-52-54-34-39-18-6-7-20-44(39)59(60(54)63-58(52)37-42)40-28-31-49-47-23-9-8-21-45(47)46-22-10-11-24-48(46)53(49)35-40/h3-37H,1-2H3. The summed E-state index contributed by atoms with van der Waals surface area (Å²) in [6, 6.07) is 77.8. The quantitative estimate of drug-likeness (QED) is 0.161. The average Bonchev–Trinajstić information content (AvgIpc) is 3.81. The number of fused-ring (bicyclic) bond motifs is 13. The number of benzene rings is 11. The number of para-hydroxylation sites is 1. The summed E-state index contributed by atoms with van der Waals surface area (Å²) in [5.74, 6) is 0. The van der Waals surface area contributed by atoms with Crippen LogP contribution in [0.1, 0.15) is 25.0 Å². The van der Waals surface area contributed by atoms with Crippen LogP contribution in [-0.4, -0.2) is 0 Å². The van der Waals surface area contributed by atoms with Crippen LogP contribution in [0.2, 0.25) is 0 Å². The molecule has 0 amide bonds. The van der Waals surface area contributed by atoms with Crippen molar-refractivity contribution in [1.29, 1.82) is 0 Å². The Balaban J connectivity index is 1.05. The van der Waals surface area contributed by atoms with Crippen molar-refractivity contribution < 1.29 is 4.42 Å². The second kappa shape index (κ2) is 13.5. The van der Waals surface area contributed by atoms with Gasteiger partial charge >= 0.3 is 0 Å². The maximum atomic E-state index is 7.22. The Kier molecular flexibility index (Phi) is 7.68. The lowest BCUT2D eigenvalue weighted by atomic mass is 9.82. The Morgan fingerprint density at radius 3 is 1.71 bits per heavy atom. The van der Waals surface area contributed by atoms with Gasteiger partial charge in [0.25, 0.3) is 0 Å². The highest BCUT2D eigenvalue weighted by atomic mass is 16.3. The van der Waals surface area contributed by atoms with E-state index in [1.807, 2.05) is 0 Å². The van der Waals surface area contributed by atoms with Crippen molar-refractivity contribution in [3.8, 4) is 33.4 Å². The van der Waals surface area contributed by atoms with Crippen LogP contribution in [0, 0.1) is 0 Å². The van der Waals surface area contributed by atoms with Gasteiger partial charge in [0.2, 0.25) is 0 Å². The van der Waals surface area contributed by atoms with Gasteiger partial charge in [-0.15, -0.1) is 0 Å². The number of anilines is 3. The summed E-state index contributed by atoms with van der Waals surface area (Å²) in [6.45, 7) is 4.71. The van der Waals surface area contributed by atoms with Crippen LogP contribution in [0.25, 0.3) is 98.4 Å². The zero-order chi connectivity index (χ0) is 41.8. The second-order valence-corrected chi connectivity index (χ2v) is 17.6. The van der Waals surface area contributed by atoms with Gasteiger partial charge in [0.1, 0.15) is 11.2 Å². The molecule has 12 aromatic rings. The van der Waals surface area contributed by atoms with Gasteiger partial charge in [-0.2, -0.15) is 0 Å². The lowest BCUT2D eigenvalue weighted by Crippen LogP contribution is -2.16. The molecule has 0 fully saturated rings. The van der Waals surface area contributed by atoms with Gasteiger partial charge in [0.15, 0.2) is 0 Å². The molecule has 11 aromatic carbocycles. The molecule has 0 radical (unpaired) electrons. The topological polar surface area (TPSA) is 16.4 Å². The van der Waals surface area contributed by atoms with E-state index in [-0.39, 0.29) is 5.41 Å². The first-order chi connectivity index (χ1) is 31.0. The van der Waals surface area contributed by atoms with Crippen molar-refractivity contribution in [2.24, 2.45) is 0 Å². The molecule has 2 heteroatoms. The van der Waals surface area contributed by atoms with E-state index in [1.165, 1.54) is 70.9 Å². The number of hydrogen-bond donors (Lipinski definition) is 0. The minimum atomic E-state index is -0.143. The molecule has 1 heterocycles. The number of nitrogens with zero attached hydrogens (tertiary/aromatic N) is 1. The SMILES string of the molecule is CC1(C)c2ccccc2-c2ccc(N(c3ccc4c(c3)oc3c(-c5ccc6c7ccccc7c7ccccc7c6c5)c5ccccc5cc34)c3ccccc3-c3ccccc3)cc21. The average molecular weight is 804 g/mol. The zero-order valence-electron chi connectivity index (χ0n) is 35.1. The molecule has 1 aliphatic carbocycles. The molecular weight excluding hydrogens is 763 g/mol. The van der Waals surface area contributed by atoms with Crippen molar-refractivity contribution in [1.82, 2.24) is 0 Å². The van der Waals surface area contributed by atoms with Crippen LogP contribution in [0.5, 0.6) is 0 Å². The summed E-state index contributed by atoms with van der Waals surface area (Å²) in [5.41, 5.74) is 14.8. The maximum Gasteiger partial charge on any atom is 0.143 e. The molecule has 2 nitrogen and oxygen atoms in total. The van der Waals surface area contributed by atoms with Gasteiger partial charge in [0.05, 0.1) is 5.69 Å². The molecule has 0 bridgehead atoms. The van der Waals surface area contributed by atoms with Crippen LogP contribution in [-0.2, 0) is 5.41 Å². The molecule has 0 spiro atoms. The first kappa shape index (κ1) is 35.8. The van der Waals surface area contributed by atoms with E-state index in [9.17, 15) is 0 Å². The van der Waals surface area contributed by atoms with Crippen molar-refractivity contribution in [3.05, 3.63) is 223 Å². The van der Waals surface area contributed by atoms with E-state index >= 15 is 0 Å². The first-order valence-electron chi connectivity index (χ1n) is 21.9. The molecule has 1 aromatic heterocycles. The van der Waals surface area contributed by atoms with Crippen molar-refractivity contribution in [3.63, 3.8) is 0 Å². The lowest BCUT2D eigenvalue weighted by molar-refractivity contribution is 0.660. The van der Waals surface area contributed by atoms with Gasteiger partial charge in [0, 0.05) is 44.8 Å². The number of rotatable bonds is 5. The Labute approximate surface area is 365 Å². The molecule has 63 heavy (non-hydrogen) atoms. The fraction of sp³-hybridized carbons (Fsp3) is 0.0492. The summed E-state index contributed by atoms with van der Waals surface area (Å²) in [4.78, 5) is 2.42. The summed E-state index contributed by atoms with van der Waals surface area (Å²) >= 11 is 0. The first-order valence-corrected chi connectivity index (χ1v) is 21.9. The minimum Gasteiger partial charge on any atom is -0.455 e. The lowest BCUT2D eigenvalue weighted by Gasteiger charge is -2.29. The molecule has 0 unspecified atom stereocenters. The summed E-state index contributed by atoms with van der Waals surface area (Å²) in [6.07, 6.45) is 0. The maximum absolute atomic E-state index is 7.22. The van der Waals surface area contributed by atoms with Crippen molar-refractivity contribution >= 4 is 82.1 Å². The molecule has 13 rings (SSSR count). The van der Waals surface area contributed by atoms with Crippen LogP contribution in [0.15, 0.2) is 217 Å². The molecular formula is C61H41NO. The minimum absolute atomic E-state index is 0.143. The van der Waals surface area contributed by atoms with Gasteiger partial charge in [-0.25, -0.2) is 0 Å².